The molecule has 1 aromatic carbocycles. The Morgan fingerprint density at radius 3 is 2.78 bits per heavy atom. The predicted octanol–water partition coefficient (Wildman–Crippen LogP) is 2.75. The molecule has 13 heteroatoms. The molecule has 0 radical (unpaired) electrons. The van der Waals surface area contributed by atoms with Gasteiger partial charge >= 0.3 is 0 Å². The van der Waals surface area contributed by atoms with Crippen molar-refractivity contribution in [1.29, 1.82) is 0 Å². The van der Waals surface area contributed by atoms with Crippen molar-refractivity contribution in [2.75, 3.05) is 43.2 Å². The Kier molecular flexibility index (Phi) is 5.64. The number of aromatic amines is 1. The summed E-state index contributed by atoms with van der Waals surface area (Å²) in [5.41, 5.74) is 4.37. The highest BCUT2D eigenvalue weighted by Gasteiger charge is 2.22. The molecule has 4 aromatic heterocycles. The highest BCUT2D eigenvalue weighted by atomic mass is 32.1. The summed E-state index contributed by atoms with van der Waals surface area (Å²) in [7, 11) is 1.85. The van der Waals surface area contributed by atoms with Crippen molar-refractivity contribution in [3.8, 4) is 11.4 Å². The van der Waals surface area contributed by atoms with Gasteiger partial charge in [0.15, 0.2) is 11.6 Å². The second-order valence-corrected chi connectivity index (χ2v) is 9.21. The van der Waals surface area contributed by atoms with Crippen LogP contribution in [-0.4, -0.2) is 74.6 Å². The number of morpholine rings is 1. The quantitative estimate of drug-likeness (QED) is 0.242. The molecule has 6 rings (SSSR count). The van der Waals surface area contributed by atoms with E-state index in [-0.39, 0.29) is 5.56 Å². The van der Waals surface area contributed by atoms with E-state index in [2.05, 4.69) is 25.1 Å². The number of aromatic nitrogens is 6. The fourth-order valence-corrected chi connectivity index (χ4v) is 5.19. The van der Waals surface area contributed by atoms with Gasteiger partial charge in [-0.2, -0.15) is 5.10 Å². The SMILES string of the molecule is CN(c1ncc(C(=O)NO)cn1)c1cc2nc(-c3cccc4[nH]ncc34)nc(N3CCOCC3)c2s1. The Bertz CT molecular complexity index is 1560. The van der Waals surface area contributed by atoms with Gasteiger partial charge in [0.05, 0.1) is 40.7 Å². The Morgan fingerprint density at radius 2 is 2.00 bits per heavy atom. The standard InChI is InChI=1S/C23H21N9O3S/c1-31(23-24-10-13(11-25-23)22(33)30-34)18-9-17-19(36-18)21(32-5-7-35-8-6-32)28-20(27-17)14-3-2-4-16-15(14)12-26-29-16/h2-4,9-12,34H,5-8H2,1H3,(H,26,29)(H,30,33). The number of hydrogen-bond acceptors (Lipinski definition) is 11. The topological polar surface area (TPSA) is 145 Å². The Labute approximate surface area is 208 Å². The summed E-state index contributed by atoms with van der Waals surface area (Å²) in [6.07, 6.45) is 4.51. The summed E-state index contributed by atoms with van der Waals surface area (Å²) in [5, 5.41) is 17.8. The van der Waals surface area contributed by atoms with E-state index < -0.39 is 5.91 Å². The number of fused-ring (bicyclic) bond motifs is 2. The van der Waals surface area contributed by atoms with Crippen LogP contribution in [0.1, 0.15) is 10.4 Å². The number of H-pyrrole nitrogens is 1. The average molecular weight is 504 g/mol. The van der Waals surface area contributed by atoms with E-state index in [1.54, 1.807) is 23.0 Å². The summed E-state index contributed by atoms with van der Waals surface area (Å²) < 4.78 is 6.52. The highest BCUT2D eigenvalue weighted by molar-refractivity contribution is 7.23. The summed E-state index contributed by atoms with van der Waals surface area (Å²) in [6.45, 7) is 2.75. The maximum Gasteiger partial charge on any atom is 0.277 e. The van der Waals surface area contributed by atoms with E-state index in [0.717, 1.165) is 50.6 Å². The minimum absolute atomic E-state index is 0.157. The van der Waals surface area contributed by atoms with Gasteiger partial charge in [-0.15, -0.1) is 11.3 Å². The number of carbonyl (C=O) groups is 1. The van der Waals surface area contributed by atoms with Crippen LogP contribution in [0.25, 0.3) is 32.5 Å². The largest absolute Gasteiger partial charge is 0.378 e. The Morgan fingerprint density at radius 1 is 1.19 bits per heavy atom. The van der Waals surface area contributed by atoms with Gasteiger partial charge in [0.2, 0.25) is 5.95 Å². The average Bonchev–Trinajstić information content (AvgIpc) is 3.59. The van der Waals surface area contributed by atoms with Crippen LogP contribution in [0.3, 0.4) is 0 Å². The summed E-state index contributed by atoms with van der Waals surface area (Å²) in [6, 6.07) is 7.92. The predicted molar refractivity (Wildman–Crippen MR) is 135 cm³/mol. The lowest BCUT2D eigenvalue weighted by atomic mass is 10.1. The second kappa shape index (κ2) is 9.11. The molecule has 1 aliphatic heterocycles. The number of hydroxylamine groups is 1. The lowest BCUT2D eigenvalue weighted by Crippen LogP contribution is -2.36. The Balaban J connectivity index is 1.45. The van der Waals surface area contributed by atoms with Crippen LogP contribution in [-0.2, 0) is 4.74 Å². The third kappa shape index (κ3) is 3.88. The smallest absolute Gasteiger partial charge is 0.277 e. The number of benzene rings is 1. The number of rotatable bonds is 5. The molecule has 182 valence electrons. The zero-order chi connectivity index (χ0) is 24.6. The van der Waals surface area contributed by atoms with Gasteiger partial charge in [0.1, 0.15) is 5.00 Å². The lowest BCUT2D eigenvalue weighted by Gasteiger charge is -2.28. The molecule has 3 N–H and O–H groups in total. The summed E-state index contributed by atoms with van der Waals surface area (Å²) >= 11 is 1.55. The fraction of sp³-hybridized carbons (Fsp3) is 0.217. The first-order valence-corrected chi connectivity index (χ1v) is 12.0. The molecule has 0 unspecified atom stereocenters. The summed E-state index contributed by atoms with van der Waals surface area (Å²) in [4.78, 5) is 34.1. The van der Waals surface area contributed by atoms with Crippen LogP contribution in [0.2, 0.25) is 0 Å². The van der Waals surface area contributed by atoms with E-state index in [0.29, 0.717) is 25.0 Å². The van der Waals surface area contributed by atoms with Crippen LogP contribution in [0.15, 0.2) is 42.9 Å². The van der Waals surface area contributed by atoms with Gasteiger partial charge in [-0.1, -0.05) is 12.1 Å². The number of thiophene rings is 1. The second-order valence-electron chi connectivity index (χ2n) is 8.18. The van der Waals surface area contributed by atoms with E-state index >= 15 is 0 Å². The molecule has 5 heterocycles. The number of nitrogens with zero attached hydrogens (tertiary/aromatic N) is 7. The first-order valence-electron chi connectivity index (χ1n) is 11.2. The molecular formula is C23H21N9O3S. The molecule has 12 nitrogen and oxygen atoms in total. The molecule has 1 saturated heterocycles. The molecule has 36 heavy (non-hydrogen) atoms. The van der Waals surface area contributed by atoms with Crippen LogP contribution in [0.5, 0.6) is 0 Å². The number of nitrogens with one attached hydrogen (secondary N) is 2. The fourth-order valence-electron chi connectivity index (χ4n) is 4.12. The molecule has 5 aromatic rings. The van der Waals surface area contributed by atoms with Gasteiger partial charge in [-0.3, -0.25) is 15.1 Å². The van der Waals surface area contributed by atoms with Crippen LogP contribution in [0.4, 0.5) is 16.8 Å². The lowest BCUT2D eigenvalue weighted by molar-refractivity contribution is 0.0705. The molecule has 0 bridgehead atoms. The van der Waals surface area contributed by atoms with Crippen molar-refractivity contribution in [2.45, 2.75) is 0 Å². The molecule has 0 spiro atoms. The molecule has 1 aliphatic rings. The maximum atomic E-state index is 11.6. The molecule has 0 aliphatic carbocycles. The molecule has 1 amide bonds. The third-order valence-corrected chi connectivity index (χ3v) is 7.21. The van der Waals surface area contributed by atoms with Crippen molar-refractivity contribution >= 4 is 55.1 Å². The first-order chi connectivity index (χ1) is 17.6. The van der Waals surface area contributed by atoms with Crippen LogP contribution < -0.4 is 15.3 Å². The van der Waals surface area contributed by atoms with E-state index in [4.69, 9.17) is 19.9 Å². The van der Waals surface area contributed by atoms with Gasteiger partial charge in [-0.25, -0.2) is 25.4 Å². The minimum Gasteiger partial charge on any atom is -0.378 e. The normalized spacial score (nSPS) is 13.9. The van der Waals surface area contributed by atoms with E-state index in [9.17, 15) is 4.79 Å². The Hall–Kier alpha value is -4.20. The molecule has 0 atom stereocenters. The van der Waals surface area contributed by atoms with Crippen molar-refractivity contribution in [2.24, 2.45) is 0 Å². The zero-order valence-electron chi connectivity index (χ0n) is 19.2. The molecular weight excluding hydrogens is 482 g/mol. The van der Waals surface area contributed by atoms with Crippen LogP contribution >= 0.6 is 11.3 Å². The third-order valence-electron chi connectivity index (χ3n) is 6.01. The van der Waals surface area contributed by atoms with Crippen molar-refractivity contribution in [3.63, 3.8) is 0 Å². The van der Waals surface area contributed by atoms with Crippen molar-refractivity contribution < 1.29 is 14.7 Å². The number of anilines is 3. The van der Waals surface area contributed by atoms with E-state index in [1.807, 2.05) is 36.2 Å². The number of amides is 1. The first kappa shape index (κ1) is 22.3. The van der Waals surface area contributed by atoms with Gasteiger partial charge in [0, 0.05) is 43.5 Å². The molecule has 1 fully saturated rings. The monoisotopic (exact) mass is 503 g/mol. The minimum atomic E-state index is -0.670. The van der Waals surface area contributed by atoms with Crippen molar-refractivity contribution in [3.05, 3.63) is 48.4 Å². The maximum absolute atomic E-state index is 11.6. The number of ether oxygens (including phenoxy) is 1. The van der Waals surface area contributed by atoms with Gasteiger partial charge < -0.3 is 14.5 Å². The summed E-state index contributed by atoms with van der Waals surface area (Å²) in [5.74, 6) is 1.22. The van der Waals surface area contributed by atoms with Crippen LogP contribution in [0, 0.1) is 0 Å². The number of hydrogen-bond donors (Lipinski definition) is 3. The van der Waals surface area contributed by atoms with Gasteiger partial charge in [0.25, 0.3) is 5.91 Å². The van der Waals surface area contributed by atoms with Crippen molar-refractivity contribution in [1.82, 2.24) is 35.6 Å². The number of carbonyl (C=O) groups excluding carboxylic acids is 1. The van der Waals surface area contributed by atoms with E-state index in [1.165, 1.54) is 12.4 Å². The highest BCUT2D eigenvalue weighted by Crippen LogP contribution is 2.40. The molecule has 0 saturated carbocycles. The van der Waals surface area contributed by atoms with Gasteiger partial charge in [-0.05, 0) is 12.1 Å². The zero-order valence-corrected chi connectivity index (χ0v) is 20.0.